The van der Waals surface area contributed by atoms with Gasteiger partial charge in [0.1, 0.15) is 0 Å². The van der Waals surface area contributed by atoms with Gasteiger partial charge in [-0.25, -0.2) is 0 Å². The molecule has 22 heavy (non-hydrogen) atoms. The van der Waals surface area contributed by atoms with E-state index < -0.39 is 0 Å². The highest BCUT2D eigenvalue weighted by Gasteiger charge is 2.24. The van der Waals surface area contributed by atoms with Crippen LogP contribution in [-0.2, 0) is 0 Å². The summed E-state index contributed by atoms with van der Waals surface area (Å²) in [5.74, 6) is 0.336. The molecule has 1 atom stereocenters. The zero-order valence-corrected chi connectivity index (χ0v) is 12.6. The minimum Gasteiger partial charge on any atom is -0.481 e. The number of nitrogens with one attached hydrogen (secondary N) is 1. The summed E-state index contributed by atoms with van der Waals surface area (Å²) in [5.41, 5.74) is 0.924. The SMILES string of the molecule is COc1cc(OC)nc(C(=O)n2cccc2C2CCCN2)n1. The monoisotopic (exact) mass is 302 g/mol. The maximum absolute atomic E-state index is 12.7. The van der Waals surface area contributed by atoms with E-state index in [-0.39, 0.29) is 17.8 Å². The van der Waals surface area contributed by atoms with Gasteiger partial charge in [-0.2, -0.15) is 9.97 Å². The summed E-state index contributed by atoms with van der Waals surface area (Å²) >= 11 is 0. The minimum absolute atomic E-state index is 0.0478. The van der Waals surface area contributed by atoms with E-state index in [4.69, 9.17) is 9.47 Å². The largest absolute Gasteiger partial charge is 0.481 e. The van der Waals surface area contributed by atoms with Gasteiger partial charge in [0.25, 0.3) is 5.91 Å². The van der Waals surface area contributed by atoms with Crippen molar-refractivity contribution in [1.82, 2.24) is 19.9 Å². The second-order valence-corrected chi connectivity index (χ2v) is 5.03. The molecule has 2 aromatic heterocycles. The van der Waals surface area contributed by atoms with Crippen LogP contribution in [0.1, 0.15) is 35.2 Å². The molecule has 0 aromatic carbocycles. The quantitative estimate of drug-likeness (QED) is 0.920. The molecule has 1 saturated heterocycles. The summed E-state index contributed by atoms with van der Waals surface area (Å²) in [6, 6.07) is 5.51. The summed E-state index contributed by atoms with van der Waals surface area (Å²) in [7, 11) is 2.97. The molecule has 1 aliphatic heterocycles. The second-order valence-electron chi connectivity index (χ2n) is 5.03. The maximum Gasteiger partial charge on any atom is 0.300 e. The zero-order valence-electron chi connectivity index (χ0n) is 12.6. The van der Waals surface area contributed by atoms with Crippen LogP contribution in [0.3, 0.4) is 0 Å². The van der Waals surface area contributed by atoms with Crippen LogP contribution in [0.4, 0.5) is 0 Å². The highest BCUT2D eigenvalue weighted by Crippen LogP contribution is 2.24. The molecule has 0 saturated carbocycles. The molecule has 1 unspecified atom stereocenters. The van der Waals surface area contributed by atoms with Crippen LogP contribution >= 0.6 is 0 Å². The molecule has 2 aromatic rings. The van der Waals surface area contributed by atoms with Gasteiger partial charge >= 0.3 is 0 Å². The van der Waals surface area contributed by atoms with Gasteiger partial charge in [-0.1, -0.05) is 0 Å². The van der Waals surface area contributed by atoms with Crippen LogP contribution in [0.15, 0.2) is 24.4 Å². The fraction of sp³-hybridized carbons (Fsp3) is 0.400. The Labute approximate surface area is 128 Å². The predicted molar refractivity (Wildman–Crippen MR) is 79.3 cm³/mol. The van der Waals surface area contributed by atoms with Gasteiger partial charge in [-0.05, 0) is 31.5 Å². The first-order chi connectivity index (χ1) is 10.7. The number of hydrogen-bond acceptors (Lipinski definition) is 6. The van der Waals surface area contributed by atoms with Gasteiger partial charge in [-0.15, -0.1) is 0 Å². The van der Waals surface area contributed by atoms with Crippen molar-refractivity contribution in [1.29, 1.82) is 0 Å². The van der Waals surface area contributed by atoms with Gasteiger partial charge in [0.05, 0.1) is 20.3 Å². The number of rotatable bonds is 4. The minimum atomic E-state index is -0.300. The third-order valence-corrected chi connectivity index (χ3v) is 3.71. The van der Waals surface area contributed by atoms with E-state index in [1.165, 1.54) is 20.3 Å². The second kappa shape index (κ2) is 6.15. The Morgan fingerprint density at radius 3 is 2.64 bits per heavy atom. The first-order valence-corrected chi connectivity index (χ1v) is 7.15. The van der Waals surface area contributed by atoms with E-state index in [1.807, 2.05) is 12.1 Å². The predicted octanol–water partition coefficient (Wildman–Crippen LogP) is 1.41. The molecule has 1 N–H and O–H groups in total. The Bertz CT molecular complexity index is 655. The van der Waals surface area contributed by atoms with Crippen molar-refractivity contribution in [2.24, 2.45) is 0 Å². The van der Waals surface area contributed by atoms with Gasteiger partial charge in [0.2, 0.25) is 17.6 Å². The molecule has 0 spiro atoms. The summed E-state index contributed by atoms with van der Waals surface area (Å²) in [5, 5.41) is 3.39. The van der Waals surface area contributed by atoms with Gasteiger partial charge < -0.3 is 14.8 Å². The number of nitrogens with zero attached hydrogens (tertiary/aromatic N) is 3. The molecule has 7 nitrogen and oxygen atoms in total. The van der Waals surface area contributed by atoms with E-state index in [1.54, 1.807) is 10.8 Å². The van der Waals surface area contributed by atoms with E-state index in [0.717, 1.165) is 25.1 Å². The van der Waals surface area contributed by atoms with Crippen LogP contribution < -0.4 is 14.8 Å². The van der Waals surface area contributed by atoms with Gasteiger partial charge in [0.15, 0.2) is 0 Å². The van der Waals surface area contributed by atoms with Crippen molar-refractivity contribution in [2.75, 3.05) is 20.8 Å². The first-order valence-electron chi connectivity index (χ1n) is 7.15. The number of aromatic nitrogens is 3. The highest BCUT2D eigenvalue weighted by atomic mass is 16.5. The summed E-state index contributed by atoms with van der Waals surface area (Å²) < 4.78 is 11.8. The molecule has 116 valence electrons. The molecule has 1 fully saturated rings. The molecule has 3 heterocycles. The lowest BCUT2D eigenvalue weighted by atomic mass is 10.1. The van der Waals surface area contributed by atoms with Crippen LogP contribution in [-0.4, -0.2) is 41.2 Å². The van der Waals surface area contributed by atoms with Crippen molar-refractivity contribution in [3.05, 3.63) is 35.9 Å². The van der Waals surface area contributed by atoms with Crippen LogP contribution in [0.5, 0.6) is 11.8 Å². The molecule has 1 aliphatic rings. The lowest BCUT2D eigenvalue weighted by molar-refractivity contribution is 0.0943. The fourth-order valence-corrected chi connectivity index (χ4v) is 2.62. The molecule has 3 rings (SSSR count). The third-order valence-electron chi connectivity index (χ3n) is 3.71. The van der Waals surface area contributed by atoms with Crippen molar-refractivity contribution < 1.29 is 14.3 Å². The Hall–Kier alpha value is -2.41. The maximum atomic E-state index is 12.7. The van der Waals surface area contributed by atoms with E-state index in [0.29, 0.717) is 11.8 Å². The standard InChI is InChI=1S/C15H18N4O3/c1-21-12-9-13(22-2)18-14(17-12)15(20)19-8-4-6-11(19)10-5-3-7-16-10/h4,6,8-10,16H,3,5,7H2,1-2H3. The topological polar surface area (TPSA) is 78.3 Å². The average molecular weight is 302 g/mol. The number of carbonyl (C=O) groups excluding carboxylic acids is 1. The van der Waals surface area contributed by atoms with Crippen molar-refractivity contribution >= 4 is 5.91 Å². The van der Waals surface area contributed by atoms with Gasteiger partial charge in [0, 0.05) is 17.9 Å². The van der Waals surface area contributed by atoms with E-state index >= 15 is 0 Å². The molecule has 0 aliphatic carbocycles. The van der Waals surface area contributed by atoms with Gasteiger partial charge in [-0.3, -0.25) is 9.36 Å². The fourth-order valence-electron chi connectivity index (χ4n) is 2.62. The smallest absolute Gasteiger partial charge is 0.300 e. The molecule has 7 heteroatoms. The van der Waals surface area contributed by atoms with E-state index in [9.17, 15) is 4.79 Å². The molecule has 0 radical (unpaired) electrons. The molecule has 0 bridgehead atoms. The summed E-state index contributed by atoms with van der Waals surface area (Å²) in [6.45, 7) is 0.966. The normalized spacial score (nSPS) is 17.5. The lowest BCUT2D eigenvalue weighted by Gasteiger charge is -2.13. The number of hydrogen-bond donors (Lipinski definition) is 1. The van der Waals surface area contributed by atoms with Crippen molar-refractivity contribution in [2.45, 2.75) is 18.9 Å². The molecule has 0 amide bonds. The third kappa shape index (κ3) is 2.67. The van der Waals surface area contributed by atoms with Crippen LogP contribution in [0.25, 0.3) is 0 Å². The van der Waals surface area contributed by atoms with Crippen LogP contribution in [0.2, 0.25) is 0 Å². The molecular formula is C15H18N4O3. The zero-order chi connectivity index (χ0) is 15.5. The highest BCUT2D eigenvalue weighted by molar-refractivity contribution is 5.93. The molecular weight excluding hydrogens is 284 g/mol. The van der Waals surface area contributed by atoms with Crippen molar-refractivity contribution in [3.8, 4) is 11.8 Å². The number of methoxy groups -OCH3 is 2. The Morgan fingerprint density at radius 2 is 2.05 bits per heavy atom. The number of carbonyl (C=O) groups is 1. The number of ether oxygens (including phenoxy) is 2. The van der Waals surface area contributed by atoms with Crippen molar-refractivity contribution in [3.63, 3.8) is 0 Å². The Morgan fingerprint density at radius 1 is 1.32 bits per heavy atom. The van der Waals surface area contributed by atoms with E-state index in [2.05, 4.69) is 15.3 Å². The Kier molecular flexibility index (Phi) is 4.06. The Balaban J connectivity index is 1.96. The van der Waals surface area contributed by atoms with Crippen LogP contribution in [0, 0.1) is 0 Å². The average Bonchev–Trinajstić information content (AvgIpc) is 3.23. The first kappa shape index (κ1) is 14.5. The summed E-state index contributed by atoms with van der Waals surface area (Å²) in [6.07, 6.45) is 3.85. The lowest BCUT2D eigenvalue weighted by Crippen LogP contribution is -2.22. The summed E-state index contributed by atoms with van der Waals surface area (Å²) in [4.78, 5) is 21.0.